The first-order valence-corrected chi connectivity index (χ1v) is 9.42. The van der Waals surface area contributed by atoms with Gasteiger partial charge in [0.1, 0.15) is 6.10 Å². The minimum absolute atomic E-state index is 0.229. The van der Waals surface area contributed by atoms with Gasteiger partial charge in [0, 0.05) is 11.1 Å². The molecule has 2 aromatic rings. The highest BCUT2D eigenvalue weighted by molar-refractivity contribution is 7.15. The van der Waals surface area contributed by atoms with Crippen LogP contribution in [0.15, 0.2) is 30.5 Å². The number of nitrogens with one attached hydrogen (secondary N) is 2. The highest BCUT2D eigenvalue weighted by Gasteiger charge is 2.34. The third-order valence-corrected chi connectivity index (χ3v) is 5.67. The number of piperidine rings is 1. The van der Waals surface area contributed by atoms with Gasteiger partial charge in [-0.15, -0.1) is 11.3 Å². The minimum atomic E-state index is -0.693. The molecule has 25 heavy (non-hydrogen) atoms. The summed E-state index contributed by atoms with van der Waals surface area (Å²) in [6.07, 6.45) is 3.05. The number of rotatable bonds is 3. The molecule has 0 spiro atoms. The lowest BCUT2D eigenvalue weighted by molar-refractivity contribution is -0.128. The molecule has 1 aromatic carbocycles. The smallest absolute Gasteiger partial charge is 0.271 e. The van der Waals surface area contributed by atoms with Crippen LogP contribution >= 0.6 is 11.3 Å². The van der Waals surface area contributed by atoms with Gasteiger partial charge in [-0.25, -0.2) is 4.98 Å². The molecule has 0 bridgehead atoms. The Morgan fingerprint density at radius 2 is 1.96 bits per heavy atom. The quantitative estimate of drug-likeness (QED) is 0.882. The Labute approximate surface area is 150 Å². The number of ether oxygens (including phenoxy) is 2. The van der Waals surface area contributed by atoms with Gasteiger partial charge in [-0.2, -0.15) is 0 Å². The molecule has 3 heterocycles. The molecule has 1 saturated heterocycles. The largest absolute Gasteiger partial charge is 0.482 e. The fraction of sp³-hybridized carbons (Fsp3) is 0.444. The van der Waals surface area contributed by atoms with Crippen LogP contribution in [0.4, 0.5) is 5.13 Å². The van der Waals surface area contributed by atoms with E-state index in [2.05, 4.69) is 15.6 Å². The van der Waals surface area contributed by atoms with Gasteiger partial charge in [-0.1, -0.05) is 12.1 Å². The summed E-state index contributed by atoms with van der Waals surface area (Å²) in [7, 11) is 0. The molecule has 4 rings (SSSR count). The summed E-state index contributed by atoms with van der Waals surface area (Å²) in [6, 6.07) is 7.39. The molecular formula is C18H21N3O3S. The number of carbonyl (C=O) groups is 1. The van der Waals surface area contributed by atoms with Crippen LogP contribution in [0.3, 0.4) is 0 Å². The Hall–Kier alpha value is -2.12. The highest BCUT2D eigenvalue weighted by atomic mass is 32.1. The van der Waals surface area contributed by atoms with Gasteiger partial charge in [-0.05, 0) is 50.9 Å². The van der Waals surface area contributed by atoms with E-state index in [1.807, 2.05) is 31.3 Å². The lowest BCUT2D eigenvalue weighted by Crippen LogP contribution is -2.46. The zero-order chi connectivity index (χ0) is 17.2. The van der Waals surface area contributed by atoms with Crippen molar-refractivity contribution in [2.75, 3.05) is 18.4 Å². The first-order valence-electron chi connectivity index (χ1n) is 8.60. The maximum atomic E-state index is 12.6. The van der Waals surface area contributed by atoms with Crippen LogP contribution in [0.5, 0.6) is 11.5 Å². The summed E-state index contributed by atoms with van der Waals surface area (Å²) in [5.41, 5.74) is 0. The minimum Gasteiger partial charge on any atom is -0.482 e. The van der Waals surface area contributed by atoms with E-state index in [4.69, 9.17) is 9.47 Å². The van der Waals surface area contributed by atoms with Gasteiger partial charge >= 0.3 is 0 Å². The van der Waals surface area contributed by atoms with Gasteiger partial charge in [0.25, 0.3) is 5.91 Å². The number of nitrogens with zero attached hydrogens (tertiary/aromatic N) is 1. The summed E-state index contributed by atoms with van der Waals surface area (Å²) in [5.74, 6) is 1.56. The molecule has 132 valence electrons. The summed E-state index contributed by atoms with van der Waals surface area (Å²) in [5, 5.41) is 6.86. The number of thiazole rings is 1. The fourth-order valence-electron chi connectivity index (χ4n) is 3.22. The second kappa shape index (κ2) is 7.01. The predicted octanol–water partition coefficient (Wildman–Crippen LogP) is 2.78. The molecule has 7 heteroatoms. The third-order valence-electron chi connectivity index (χ3n) is 4.60. The summed E-state index contributed by atoms with van der Waals surface area (Å²) in [6.45, 7) is 3.91. The van der Waals surface area contributed by atoms with E-state index in [1.54, 1.807) is 17.4 Å². The van der Waals surface area contributed by atoms with Crippen molar-refractivity contribution in [3.05, 3.63) is 35.3 Å². The van der Waals surface area contributed by atoms with Crippen LogP contribution in [0.2, 0.25) is 0 Å². The van der Waals surface area contributed by atoms with Crippen LogP contribution in [0.25, 0.3) is 0 Å². The van der Waals surface area contributed by atoms with Crippen LogP contribution in [0, 0.1) is 0 Å². The molecule has 2 N–H and O–H groups in total. The summed E-state index contributed by atoms with van der Waals surface area (Å²) < 4.78 is 11.6. The van der Waals surface area contributed by atoms with Crippen molar-refractivity contribution >= 4 is 22.4 Å². The van der Waals surface area contributed by atoms with Crippen molar-refractivity contribution in [1.82, 2.24) is 10.3 Å². The number of benzene rings is 1. The average molecular weight is 359 g/mol. The van der Waals surface area contributed by atoms with Crippen LogP contribution in [-0.2, 0) is 4.79 Å². The van der Waals surface area contributed by atoms with Gasteiger partial charge in [0.2, 0.25) is 6.10 Å². The molecule has 0 radical (unpaired) electrons. The lowest BCUT2D eigenvalue weighted by atomic mass is 9.97. The first-order chi connectivity index (χ1) is 12.2. The number of hydrogen-bond acceptors (Lipinski definition) is 6. The molecule has 1 fully saturated rings. The molecule has 1 amide bonds. The van der Waals surface area contributed by atoms with E-state index in [0.717, 1.165) is 25.9 Å². The predicted molar refractivity (Wildman–Crippen MR) is 96.5 cm³/mol. The first kappa shape index (κ1) is 16.4. The van der Waals surface area contributed by atoms with Crippen molar-refractivity contribution in [1.29, 1.82) is 0 Å². The van der Waals surface area contributed by atoms with Gasteiger partial charge in [0.05, 0.1) is 0 Å². The molecular weight excluding hydrogens is 338 g/mol. The van der Waals surface area contributed by atoms with Crippen molar-refractivity contribution in [2.24, 2.45) is 0 Å². The van der Waals surface area contributed by atoms with Gasteiger partial charge < -0.3 is 14.8 Å². The molecule has 2 unspecified atom stereocenters. The molecule has 0 aliphatic carbocycles. The number of aromatic nitrogens is 1. The summed E-state index contributed by atoms with van der Waals surface area (Å²) in [4.78, 5) is 18.2. The number of amides is 1. The topological polar surface area (TPSA) is 72.5 Å². The molecule has 0 saturated carbocycles. The van der Waals surface area contributed by atoms with E-state index in [1.165, 1.54) is 4.88 Å². The zero-order valence-corrected chi connectivity index (χ0v) is 14.8. The lowest BCUT2D eigenvalue weighted by Gasteiger charge is -2.30. The molecule has 2 aliphatic heterocycles. The van der Waals surface area contributed by atoms with Gasteiger partial charge in [0.15, 0.2) is 16.6 Å². The monoisotopic (exact) mass is 359 g/mol. The van der Waals surface area contributed by atoms with Crippen molar-refractivity contribution in [3.8, 4) is 11.5 Å². The van der Waals surface area contributed by atoms with Crippen molar-refractivity contribution < 1.29 is 14.3 Å². The fourth-order valence-corrected chi connectivity index (χ4v) is 4.21. The SMILES string of the molecule is CC1Oc2ccccc2OC1C(=O)Nc1ncc(C2CCNCC2)s1. The number of fused-ring (bicyclic) bond motifs is 1. The Kier molecular flexibility index (Phi) is 4.59. The average Bonchev–Trinajstić information content (AvgIpc) is 3.10. The Morgan fingerprint density at radius 3 is 2.72 bits per heavy atom. The second-order valence-electron chi connectivity index (χ2n) is 6.39. The zero-order valence-electron chi connectivity index (χ0n) is 14.0. The van der Waals surface area contributed by atoms with E-state index in [9.17, 15) is 4.79 Å². The normalized spacial score (nSPS) is 23.2. The number of para-hydroxylation sites is 2. The molecule has 2 aliphatic rings. The van der Waals surface area contributed by atoms with E-state index < -0.39 is 6.10 Å². The van der Waals surface area contributed by atoms with E-state index in [-0.39, 0.29) is 12.0 Å². The standard InChI is InChI=1S/C18H21N3O3S/c1-11-16(24-14-5-3-2-4-13(14)23-11)17(22)21-18-20-10-15(25-18)12-6-8-19-9-7-12/h2-5,10-12,16,19H,6-9H2,1H3,(H,20,21,22). The Balaban J connectivity index is 1.43. The number of carbonyl (C=O) groups excluding carboxylic acids is 1. The second-order valence-corrected chi connectivity index (χ2v) is 7.45. The van der Waals surface area contributed by atoms with E-state index >= 15 is 0 Å². The summed E-state index contributed by atoms with van der Waals surface area (Å²) >= 11 is 1.55. The Bertz CT molecular complexity index is 758. The van der Waals surface area contributed by atoms with Crippen molar-refractivity contribution in [2.45, 2.75) is 37.9 Å². The number of hydrogen-bond donors (Lipinski definition) is 2. The number of anilines is 1. The Morgan fingerprint density at radius 1 is 1.24 bits per heavy atom. The molecule has 1 aromatic heterocycles. The van der Waals surface area contributed by atoms with Crippen LogP contribution < -0.4 is 20.1 Å². The highest BCUT2D eigenvalue weighted by Crippen LogP contribution is 2.35. The maximum Gasteiger partial charge on any atom is 0.271 e. The van der Waals surface area contributed by atoms with Crippen molar-refractivity contribution in [3.63, 3.8) is 0 Å². The maximum absolute atomic E-state index is 12.6. The van der Waals surface area contributed by atoms with Crippen LogP contribution in [-0.4, -0.2) is 36.2 Å². The third kappa shape index (κ3) is 3.48. The molecule has 6 nitrogen and oxygen atoms in total. The van der Waals surface area contributed by atoms with E-state index in [0.29, 0.717) is 22.5 Å². The molecule has 2 atom stereocenters. The van der Waals surface area contributed by atoms with Gasteiger partial charge in [-0.3, -0.25) is 10.1 Å². The van der Waals surface area contributed by atoms with Crippen LogP contribution in [0.1, 0.15) is 30.6 Å².